The Morgan fingerprint density at radius 1 is 1.08 bits per heavy atom. The van der Waals surface area contributed by atoms with Crippen molar-refractivity contribution in [2.45, 2.75) is 58.8 Å². The molecule has 0 unspecified atom stereocenters. The summed E-state index contributed by atoms with van der Waals surface area (Å²) in [6.07, 6.45) is 9.39. The van der Waals surface area contributed by atoms with Crippen LogP contribution in [-0.2, 0) is 14.6 Å². The molecule has 6 nitrogen and oxygen atoms in total. The standard InChI is InChI=1S/C19H37N3O3S/c1-4-20-17(22-15-19(10-11-19)16-26(3,23)24)21-14-18(8-6-7-9-18)12-13-25-5-2/h4-16H2,1-3H3,(H2,20,21,22). The molecule has 0 aromatic rings. The van der Waals surface area contributed by atoms with Gasteiger partial charge < -0.3 is 15.4 Å². The number of nitrogens with zero attached hydrogens (tertiary/aromatic N) is 1. The van der Waals surface area contributed by atoms with Crippen molar-refractivity contribution in [1.82, 2.24) is 10.6 Å². The molecule has 7 heteroatoms. The summed E-state index contributed by atoms with van der Waals surface area (Å²) in [5.74, 6) is 1.07. The van der Waals surface area contributed by atoms with Gasteiger partial charge in [-0.05, 0) is 51.4 Å². The molecule has 0 aromatic heterocycles. The summed E-state index contributed by atoms with van der Waals surface area (Å²) in [5.41, 5.74) is 0.172. The van der Waals surface area contributed by atoms with E-state index in [0.29, 0.717) is 12.0 Å². The van der Waals surface area contributed by atoms with E-state index >= 15 is 0 Å². The van der Waals surface area contributed by atoms with E-state index in [0.717, 1.165) is 51.5 Å². The molecule has 0 saturated heterocycles. The fourth-order valence-corrected chi connectivity index (χ4v) is 5.51. The average molecular weight is 388 g/mol. The maximum Gasteiger partial charge on any atom is 0.191 e. The van der Waals surface area contributed by atoms with Crippen LogP contribution < -0.4 is 10.6 Å². The predicted octanol–water partition coefficient (Wildman–Crippen LogP) is 2.35. The van der Waals surface area contributed by atoms with Crippen molar-refractivity contribution < 1.29 is 13.2 Å². The quantitative estimate of drug-likeness (QED) is 0.323. The van der Waals surface area contributed by atoms with Gasteiger partial charge in [-0.3, -0.25) is 4.99 Å². The number of rotatable bonds is 11. The molecular formula is C19H37N3O3S. The van der Waals surface area contributed by atoms with Gasteiger partial charge in [-0.25, -0.2) is 8.42 Å². The highest BCUT2D eigenvalue weighted by Crippen LogP contribution is 2.47. The minimum Gasteiger partial charge on any atom is -0.382 e. The van der Waals surface area contributed by atoms with E-state index in [4.69, 9.17) is 9.73 Å². The first-order valence-corrected chi connectivity index (χ1v) is 12.2. The van der Waals surface area contributed by atoms with Crippen LogP contribution in [-0.4, -0.2) is 59.2 Å². The van der Waals surface area contributed by atoms with Crippen LogP contribution in [0.3, 0.4) is 0 Å². The maximum atomic E-state index is 11.6. The van der Waals surface area contributed by atoms with Gasteiger partial charge in [-0.1, -0.05) is 12.8 Å². The highest BCUT2D eigenvalue weighted by molar-refractivity contribution is 7.90. The Labute approximate surface area is 159 Å². The third-order valence-electron chi connectivity index (χ3n) is 5.72. The lowest BCUT2D eigenvalue weighted by Crippen LogP contribution is -2.43. The van der Waals surface area contributed by atoms with Crippen LogP contribution in [0.25, 0.3) is 0 Å². The number of hydrogen-bond acceptors (Lipinski definition) is 4. The minimum atomic E-state index is -2.95. The van der Waals surface area contributed by atoms with Crippen molar-refractivity contribution >= 4 is 15.8 Å². The minimum absolute atomic E-state index is 0.129. The molecule has 152 valence electrons. The molecule has 0 spiro atoms. The smallest absolute Gasteiger partial charge is 0.191 e. The van der Waals surface area contributed by atoms with E-state index < -0.39 is 9.84 Å². The highest BCUT2D eigenvalue weighted by atomic mass is 32.2. The van der Waals surface area contributed by atoms with Gasteiger partial charge in [0.15, 0.2) is 5.96 Å². The first-order chi connectivity index (χ1) is 12.3. The zero-order valence-electron chi connectivity index (χ0n) is 16.8. The second-order valence-corrected chi connectivity index (χ2v) is 10.4. The third-order valence-corrected chi connectivity index (χ3v) is 6.85. The van der Waals surface area contributed by atoms with Gasteiger partial charge in [0, 0.05) is 44.5 Å². The largest absolute Gasteiger partial charge is 0.382 e. The lowest BCUT2D eigenvalue weighted by Gasteiger charge is -2.30. The van der Waals surface area contributed by atoms with Gasteiger partial charge in [0.1, 0.15) is 9.84 Å². The molecule has 0 amide bonds. The number of guanidine groups is 1. The number of aliphatic imine (C=N–C) groups is 1. The molecular weight excluding hydrogens is 350 g/mol. The topological polar surface area (TPSA) is 79.8 Å². The van der Waals surface area contributed by atoms with E-state index in [1.165, 1.54) is 31.9 Å². The molecule has 0 heterocycles. The summed E-state index contributed by atoms with van der Waals surface area (Å²) in [7, 11) is -2.95. The average Bonchev–Trinajstić information content (AvgIpc) is 3.15. The molecule has 2 aliphatic carbocycles. The summed E-state index contributed by atoms with van der Waals surface area (Å²) in [6.45, 7) is 7.99. The molecule has 2 N–H and O–H groups in total. The Morgan fingerprint density at radius 3 is 2.31 bits per heavy atom. The fourth-order valence-electron chi connectivity index (χ4n) is 4.01. The zero-order chi connectivity index (χ0) is 19.1. The first kappa shape index (κ1) is 21.5. The highest BCUT2D eigenvalue weighted by Gasteiger charge is 2.45. The fraction of sp³-hybridized carbons (Fsp3) is 0.947. The van der Waals surface area contributed by atoms with Crippen LogP contribution in [0.4, 0.5) is 0 Å². The van der Waals surface area contributed by atoms with Crippen LogP contribution in [0.5, 0.6) is 0 Å². The molecule has 0 aliphatic heterocycles. The Bertz CT molecular complexity index is 565. The van der Waals surface area contributed by atoms with Crippen LogP contribution in [0, 0.1) is 10.8 Å². The molecule has 2 fully saturated rings. The van der Waals surface area contributed by atoms with E-state index in [9.17, 15) is 8.42 Å². The van der Waals surface area contributed by atoms with E-state index in [2.05, 4.69) is 17.6 Å². The zero-order valence-corrected chi connectivity index (χ0v) is 17.6. The molecule has 26 heavy (non-hydrogen) atoms. The molecule has 0 bridgehead atoms. The lowest BCUT2D eigenvalue weighted by molar-refractivity contribution is 0.105. The third kappa shape index (κ3) is 7.06. The second kappa shape index (κ2) is 9.40. The van der Waals surface area contributed by atoms with Crippen molar-refractivity contribution in [3.05, 3.63) is 0 Å². The summed E-state index contributed by atoms with van der Waals surface area (Å²) < 4.78 is 28.9. The summed E-state index contributed by atoms with van der Waals surface area (Å²) in [5, 5.41) is 6.84. The summed E-state index contributed by atoms with van der Waals surface area (Å²) in [6, 6.07) is 0. The van der Waals surface area contributed by atoms with Crippen LogP contribution in [0.2, 0.25) is 0 Å². The van der Waals surface area contributed by atoms with E-state index in [-0.39, 0.29) is 11.2 Å². The molecule has 2 aliphatic rings. The summed E-state index contributed by atoms with van der Waals surface area (Å²) in [4.78, 5) is 4.72. The first-order valence-electron chi connectivity index (χ1n) is 10.1. The Kier molecular flexibility index (Phi) is 7.76. The maximum absolute atomic E-state index is 11.6. The molecule has 0 atom stereocenters. The monoisotopic (exact) mass is 387 g/mol. The SMILES string of the molecule is CCNC(=NCC1(CS(C)(=O)=O)CC1)NCC1(CCOCC)CCCC1. The van der Waals surface area contributed by atoms with Crippen molar-refractivity contribution in [1.29, 1.82) is 0 Å². The summed E-state index contributed by atoms with van der Waals surface area (Å²) >= 11 is 0. The van der Waals surface area contributed by atoms with Crippen molar-refractivity contribution in [2.75, 3.05) is 44.9 Å². The normalized spacial score (nSPS) is 21.6. The second-order valence-electron chi connectivity index (χ2n) is 8.27. The predicted molar refractivity (Wildman–Crippen MR) is 107 cm³/mol. The number of sulfone groups is 1. The van der Waals surface area contributed by atoms with E-state index in [1.807, 2.05) is 6.92 Å². The number of ether oxygens (including phenoxy) is 1. The molecule has 0 radical (unpaired) electrons. The van der Waals surface area contributed by atoms with Gasteiger partial charge in [-0.15, -0.1) is 0 Å². The molecule has 2 saturated carbocycles. The van der Waals surface area contributed by atoms with Gasteiger partial charge in [-0.2, -0.15) is 0 Å². The van der Waals surface area contributed by atoms with Gasteiger partial charge in [0.05, 0.1) is 5.75 Å². The Hall–Kier alpha value is -0.820. The molecule has 2 rings (SSSR count). The van der Waals surface area contributed by atoms with E-state index in [1.54, 1.807) is 0 Å². The molecule has 0 aromatic carbocycles. The van der Waals surface area contributed by atoms with Crippen LogP contribution in [0.15, 0.2) is 4.99 Å². The van der Waals surface area contributed by atoms with Crippen molar-refractivity contribution in [2.24, 2.45) is 15.8 Å². The van der Waals surface area contributed by atoms with Crippen LogP contribution >= 0.6 is 0 Å². The van der Waals surface area contributed by atoms with Crippen molar-refractivity contribution in [3.63, 3.8) is 0 Å². The van der Waals surface area contributed by atoms with Crippen LogP contribution in [0.1, 0.15) is 58.8 Å². The van der Waals surface area contributed by atoms with Gasteiger partial charge >= 0.3 is 0 Å². The van der Waals surface area contributed by atoms with Gasteiger partial charge in [0.2, 0.25) is 0 Å². The van der Waals surface area contributed by atoms with Crippen molar-refractivity contribution in [3.8, 4) is 0 Å². The number of hydrogen-bond donors (Lipinski definition) is 2. The van der Waals surface area contributed by atoms with Gasteiger partial charge in [0.25, 0.3) is 0 Å². The Morgan fingerprint density at radius 2 is 1.77 bits per heavy atom. The Balaban J connectivity index is 1.92. The lowest BCUT2D eigenvalue weighted by atomic mass is 9.83. The number of nitrogens with one attached hydrogen (secondary N) is 2.